The summed E-state index contributed by atoms with van der Waals surface area (Å²) < 4.78 is 6.30. The molecule has 1 aliphatic heterocycles. The molecule has 0 radical (unpaired) electrons. The Hall–Kier alpha value is -6.52. The fourth-order valence-corrected chi connectivity index (χ4v) is 9.92. The summed E-state index contributed by atoms with van der Waals surface area (Å²) in [5, 5.41) is 8.57. The zero-order chi connectivity index (χ0) is 37.4. The molecule has 0 fully saturated rings. The first-order chi connectivity index (χ1) is 27.5. The van der Waals surface area contributed by atoms with Gasteiger partial charge in [-0.15, -0.1) is 0 Å². The van der Waals surface area contributed by atoms with Gasteiger partial charge in [-0.05, 0) is 80.3 Å². The van der Waals surface area contributed by atoms with Crippen molar-refractivity contribution in [2.24, 2.45) is 21.8 Å². The van der Waals surface area contributed by atoms with E-state index in [0.717, 1.165) is 56.7 Å². The normalized spacial score (nSPS) is 22.0. The standard InChI is InChI=1S/C52H41N3O/c1-52(2)43-31-37(50-53-49(35-16-7-4-8-17-35)54-51(55-50)41-21-13-23-45-46(41)40-20-11-12-22-44(40)56-45)28-29-39(43)47-42(30-36-18-9-10-19-38(36)48(47)52)34-26-24-33(25-27-34)32-14-5-3-6-15-32/h3-26,28-31,34,42,47,49H,27H2,1-2H3,(H,53,54,55). The number of rotatable bonds is 5. The van der Waals surface area contributed by atoms with Crippen LogP contribution in [0.2, 0.25) is 0 Å². The molecule has 4 aliphatic rings. The Morgan fingerprint density at radius 1 is 0.732 bits per heavy atom. The molecule has 11 rings (SSSR count). The number of furan rings is 1. The van der Waals surface area contributed by atoms with Crippen molar-refractivity contribution in [3.63, 3.8) is 0 Å². The van der Waals surface area contributed by atoms with E-state index in [1.807, 2.05) is 18.2 Å². The molecule has 6 aromatic carbocycles. The van der Waals surface area contributed by atoms with Gasteiger partial charge in [0, 0.05) is 33.2 Å². The van der Waals surface area contributed by atoms with E-state index in [0.29, 0.717) is 11.8 Å². The van der Waals surface area contributed by atoms with Gasteiger partial charge in [0.15, 0.2) is 5.84 Å². The van der Waals surface area contributed by atoms with E-state index in [4.69, 9.17) is 14.4 Å². The van der Waals surface area contributed by atoms with Gasteiger partial charge < -0.3 is 9.73 Å². The van der Waals surface area contributed by atoms with Gasteiger partial charge in [-0.25, -0.2) is 9.98 Å². The highest BCUT2D eigenvalue weighted by Gasteiger charge is 2.47. The number of hydrogen-bond acceptors (Lipinski definition) is 4. The molecule has 4 unspecified atom stereocenters. The fraction of sp³-hybridized carbons (Fsp3) is 0.154. The van der Waals surface area contributed by atoms with Crippen LogP contribution < -0.4 is 15.8 Å². The molecule has 0 saturated heterocycles. The zero-order valence-corrected chi connectivity index (χ0v) is 31.5. The number of para-hydroxylation sites is 1. The van der Waals surface area contributed by atoms with Gasteiger partial charge in [0.25, 0.3) is 0 Å². The first-order valence-corrected chi connectivity index (χ1v) is 19.8. The second kappa shape index (κ2) is 12.8. The molecule has 1 N–H and O–H groups in total. The Bertz CT molecular complexity index is 2960. The molecule has 4 heteroatoms. The van der Waals surface area contributed by atoms with Crippen molar-refractivity contribution in [2.75, 3.05) is 0 Å². The molecule has 7 aromatic rings. The van der Waals surface area contributed by atoms with Gasteiger partial charge in [0.1, 0.15) is 23.2 Å². The maximum absolute atomic E-state index is 6.30. The minimum absolute atomic E-state index is 0.192. The molecule has 270 valence electrons. The molecule has 1 aromatic heterocycles. The molecular formula is C52H41N3O. The highest BCUT2D eigenvalue weighted by Crippen LogP contribution is 2.57. The van der Waals surface area contributed by atoms with Crippen molar-refractivity contribution >= 4 is 50.8 Å². The number of nitrogens with zero attached hydrogens (tertiary/aromatic N) is 2. The molecular weight excluding hydrogens is 683 g/mol. The van der Waals surface area contributed by atoms with Crippen LogP contribution in [0.15, 0.2) is 178 Å². The summed E-state index contributed by atoms with van der Waals surface area (Å²) in [4.78, 5) is 10.7. The molecule has 0 amide bonds. The van der Waals surface area contributed by atoms with Crippen molar-refractivity contribution in [1.82, 2.24) is 5.32 Å². The van der Waals surface area contributed by atoms with Crippen LogP contribution in [0.5, 0.6) is 0 Å². The molecule has 0 saturated carbocycles. The summed E-state index contributed by atoms with van der Waals surface area (Å²) in [5.41, 5.74) is 11.5. The molecule has 56 heavy (non-hydrogen) atoms. The van der Waals surface area contributed by atoms with Crippen LogP contribution in [-0.4, -0.2) is 11.7 Å². The molecule has 4 atom stereocenters. The number of nitrogens with one attached hydrogen (secondary N) is 1. The lowest BCUT2D eigenvalue weighted by Gasteiger charge is -2.35. The number of amidine groups is 2. The Balaban J connectivity index is 1.04. The van der Waals surface area contributed by atoms with Crippen LogP contribution in [0.4, 0.5) is 0 Å². The SMILES string of the molecule is CC1(C)C2=c3ccccc3=CC(C3C=CC(c4ccccc4)=CC3)C2c2ccc(C3=NC(c4ccccc4)NC(c4cccc5oc6ccccc6c45)=N3)cc21. The van der Waals surface area contributed by atoms with Crippen LogP contribution in [-0.2, 0) is 5.41 Å². The molecule has 0 bridgehead atoms. The van der Waals surface area contributed by atoms with Gasteiger partial charge in [0.05, 0.1) is 0 Å². The summed E-state index contributed by atoms with van der Waals surface area (Å²) in [6, 6.07) is 51.8. The van der Waals surface area contributed by atoms with E-state index in [9.17, 15) is 0 Å². The van der Waals surface area contributed by atoms with Crippen LogP contribution in [0.25, 0.3) is 39.2 Å². The smallest absolute Gasteiger partial charge is 0.159 e. The van der Waals surface area contributed by atoms with Gasteiger partial charge in [-0.3, -0.25) is 0 Å². The molecule has 0 spiro atoms. The average Bonchev–Trinajstić information content (AvgIpc) is 3.76. The third-order valence-corrected chi connectivity index (χ3v) is 12.6. The maximum atomic E-state index is 6.30. The second-order valence-electron chi connectivity index (χ2n) is 16.1. The van der Waals surface area contributed by atoms with E-state index in [1.54, 1.807) is 0 Å². The highest BCUT2D eigenvalue weighted by molar-refractivity contribution is 6.21. The lowest BCUT2D eigenvalue weighted by Crippen LogP contribution is -2.40. The minimum atomic E-state index is -0.303. The van der Waals surface area contributed by atoms with Crippen molar-refractivity contribution in [1.29, 1.82) is 0 Å². The van der Waals surface area contributed by atoms with Crippen LogP contribution >= 0.6 is 0 Å². The van der Waals surface area contributed by atoms with Crippen molar-refractivity contribution in [3.8, 4) is 0 Å². The summed E-state index contributed by atoms with van der Waals surface area (Å²) in [7, 11) is 0. The third kappa shape index (κ3) is 5.20. The fourth-order valence-electron chi connectivity index (χ4n) is 9.92. The van der Waals surface area contributed by atoms with Gasteiger partial charge >= 0.3 is 0 Å². The monoisotopic (exact) mass is 723 g/mol. The predicted octanol–water partition coefficient (Wildman–Crippen LogP) is 10.4. The van der Waals surface area contributed by atoms with Gasteiger partial charge in [-0.1, -0.05) is 166 Å². The van der Waals surface area contributed by atoms with Crippen LogP contribution in [0, 0.1) is 11.8 Å². The van der Waals surface area contributed by atoms with Crippen molar-refractivity contribution in [2.45, 2.75) is 37.8 Å². The first-order valence-electron chi connectivity index (χ1n) is 19.8. The largest absolute Gasteiger partial charge is 0.456 e. The number of aliphatic imine (C=N–C) groups is 2. The van der Waals surface area contributed by atoms with Gasteiger partial charge in [-0.2, -0.15) is 0 Å². The second-order valence-corrected chi connectivity index (χ2v) is 16.1. The number of fused-ring (bicyclic) bond motifs is 7. The topological polar surface area (TPSA) is 49.9 Å². The summed E-state index contributed by atoms with van der Waals surface area (Å²) in [6.07, 6.45) is 10.5. The van der Waals surface area contributed by atoms with Crippen LogP contribution in [0.3, 0.4) is 0 Å². The zero-order valence-electron chi connectivity index (χ0n) is 31.5. The van der Waals surface area contributed by atoms with Crippen LogP contribution in [0.1, 0.15) is 65.7 Å². The average molecular weight is 724 g/mol. The third-order valence-electron chi connectivity index (χ3n) is 12.6. The van der Waals surface area contributed by atoms with Gasteiger partial charge in [0.2, 0.25) is 0 Å². The quantitative estimate of drug-likeness (QED) is 0.192. The van der Waals surface area contributed by atoms with Crippen molar-refractivity contribution in [3.05, 3.63) is 208 Å². The predicted molar refractivity (Wildman–Crippen MR) is 230 cm³/mol. The maximum Gasteiger partial charge on any atom is 0.159 e. The summed E-state index contributed by atoms with van der Waals surface area (Å²) in [5.74, 6) is 2.53. The van der Waals surface area contributed by atoms with Crippen molar-refractivity contribution < 1.29 is 4.42 Å². The number of allylic oxidation sites excluding steroid dienone is 4. The lowest BCUT2D eigenvalue weighted by atomic mass is 9.68. The summed E-state index contributed by atoms with van der Waals surface area (Å²) >= 11 is 0. The Labute approximate surface area is 326 Å². The molecule has 2 heterocycles. The Morgan fingerprint density at radius 2 is 1.50 bits per heavy atom. The van der Waals surface area contributed by atoms with E-state index in [1.165, 1.54) is 38.3 Å². The van der Waals surface area contributed by atoms with E-state index in [2.05, 4.69) is 171 Å². The Morgan fingerprint density at radius 3 is 2.34 bits per heavy atom. The van der Waals surface area contributed by atoms with E-state index < -0.39 is 0 Å². The molecule has 3 aliphatic carbocycles. The summed E-state index contributed by atoms with van der Waals surface area (Å²) in [6.45, 7) is 4.84. The lowest BCUT2D eigenvalue weighted by molar-refractivity contribution is 0.460. The highest BCUT2D eigenvalue weighted by atomic mass is 16.3. The minimum Gasteiger partial charge on any atom is -0.456 e. The number of benzene rings is 6. The first kappa shape index (κ1) is 32.9. The Kier molecular flexibility index (Phi) is 7.50. The van der Waals surface area contributed by atoms with E-state index >= 15 is 0 Å². The number of hydrogen-bond donors (Lipinski definition) is 1. The molecule has 4 nitrogen and oxygen atoms in total. The van der Waals surface area contributed by atoms with E-state index in [-0.39, 0.29) is 17.5 Å².